The number of sulfonamides is 1. The first kappa shape index (κ1) is 46.9. The fourth-order valence-electron chi connectivity index (χ4n) is 9.97. The van der Waals surface area contributed by atoms with Gasteiger partial charge in [-0.2, -0.15) is 0 Å². The average Bonchev–Trinajstić information content (AvgIpc) is 3.72. The molecule has 1 aliphatic heterocycles. The molecule has 3 rings (SSSR count). The third kappa shape index (κ3) is 12.0. The summed E-state index contributed by atoms with van der Waals surface area (Å²) in [7, 11) is -6.32. The van der Waals surface area contributed by atoms with Gasteiger partial charge < -0.3 is 0 Å². The number of fused-ring (bicyclic) bond motifs is 1. The Hall–Kier alpha value is 0.477. The van der Waals surface area contributed by atoms with Crippen LogP contribution < -0.4 is 5.30 Å². The van der Waals surface area contributed by atoms with Gasteiger partial charge in [-0.15, -0.1) is 0 Å². The summed E-state index contributed by atoms with van der Waals surface area (Å²) in [6.45, 7) is 16.6. The molecule has 2 aliphatic rings. The van der Waals surface area contributed by atoms with E-state index in [1.165, 1.54) is 147 Å². The van der Waals surface area contributed by atoms with Gasteiger partial charge in [0.25, 0.3) is 0 Å². The molecular weight excluding hydrogens is 887 g/mol. The zero-order chi connectivity index (χ0) is 37.9. The molecule has 1 heterocycles. The van der Waals surface area contributed by atoms with Crippen LogP contribution in [0, 0.1) is 0 Å². The first-order valence-corrected chi connectivity index (χ1v) is 40.9. The van der Waals surface area contributed by atoms with Gasteiger partial charge in [0.15, 0.2) is 0 Å². The Balaban J connectivity index is 2.58. The summed E-state index contributed by atoms with van der Waals surface area (Å²) < 4.78 is 48.0. The van der Waals surface area contributed by atoms with Crippen molar-refractivity contribution in [3.63, 3.8) is 0 Å². The van der Waals surface area contributed by atoms with Crippen molar-refractivity contribution in [2.75, 3.05) is 5.75 Å². The Morgan fingerprint density at radius 3 is 1.27 bits per heavy atom. The third-order valence-electron chi connectivity index (χ3n) is 12.6. The van der Waals surface area contributed by atoms with E-state index >= 15 is 8.42 Å². The summed E-state index contributed by atoms with van der Waals surface area (Å²) in [6.07, 6.45) is 25.5. The molecule has 0 radical (unpaired) electrons. The molecule has 298 valence electrons. The van der Waals surface area contributed by atoms with E-state index in [0.29, 0.717) is 0 Å². The molecule has 1 aromatic carbocycles. The third-order valence-corrected chi connectivity index (χ3v) is 60.1. The van der Waals surface area contributed by atoms with Crippen LogP contribution in [0.15, 0.2) is 52.3 Å². The normalized spacial score (nSPS) is 16.3. The molecule has 0 saturated heterocycles. The monoisotopic (exact) mass is 971 g/mol. The van der Waals surface area contributed by atoms with Crippen LogP contribution in [0.1, 0.15) is 183 Å². The Morgan fingerprint density at radius 1 is 0.519 bits per heavy atom. The van der Waals surface area contributed by atoms with Gasteiger partial charge in [-0.25, -0.2) is 0 Å². The van der Waals surface area contributed by atoms with Gasteiger partial charge in [0.05, 0.1) is 0 Å². The molecule has 1 aromatic rings. The average molecular weight is 970 g/mol. The Kier molecular flexibility index (Phi) is 21.9. The first-order valence-electron chi connectivity index (χ1n) is 22.6. The summed E-state index contributed by atoms with van der Waals surface area (Å²) in [4.78, 5) is 0. The van der Waals surface area contributed by atoms with E-state index in [4.69, 9.17) is 4.15 Å². The first-order chi connectivity index (χ1) is 25.2. The number of benzene rings is 1. The van der Waals surface area contributed by atoms with Crippen LogP contribution in [-0.2, 0) is 10.0 Å². The topological polar surface area (TPSA) is 46.5 Å². The predicted octanol–water partition coefficient (Wildman–Crippen LogP) is 15.7. The fourth-order valence-corrected chi connectivity index (χ4v) is 73.8. The second kappa shape index (κ2) is 24.3. The molecule has 0 spiro atoms. The second-order valence-corrected chi connectivity index (χ2v) is 50.1. The van der Waals surface area contributed by atoms with Gasteiger partial charge in [-0.1, -0.05) is 0 Å². The zero-order valence-electron chi connectivity index (χ0n) is 35.3. The summed E-state index contributed by atoms with van der Waals surface area (Å²) in [5, 5.41) is 1.34. The summed E-state index contributed by atoms with van der Waals surface area (Å²) >= 11 is -6.48. The number of unbranched alkanes of at least 4 members (excludes halogenated alkanes) is 11. The number of allylic oxidation sites excluding steroid dienone is 2. The fraction of sp³-hybridized carbons (Fsp3) is 0.778. The molecule has 1 saturated carbocycles. The molecule has 3 nitrogen and oxygen atoms in total. The summed E-state index contributed by atoms with van der Waals surface area (Å²) in [5.74, 6) is 0.238. The molecule has 1 fully saturated rings. The van der Waals surface area contributed by atoms with Gasteiger partial charge in [0, 0.05) is 0 Å². The van der Waals surface area contributed by atoms with Crippen molar-refractivity contribution < 1.29 is 8.42 Å². The van der Waals surface area contributed by atoms with E-state index in [0.717, 1.165) is 19.3 Å². The standard InChI is InChI=1S/C21H28NO2PS.6C4H9.2Sn/c1-2-3-4-5-6-10-16-26(23,24)22-25(21-14-8-7-9-15-21)17-19-12-11-13-20(19)18-25;6*1-3-4-2;;/h7-9,14-15H,2-6,10-13,16H2,1H3;6*1,3-4H2,2H3;;. The molecule has 0 amide bonds. The van der Waals surface area contributed by atoms with Crippen molar-refractivity contribution in [3.05, 3.63) is 48.1 Å². The summed E-state index contributed by atoms with van der Waals surface area (Å²) in [5.41, 5.74) is 3.49. The quantitative estimate of drug-likeness (QED) is 0.0456. The molecule has 0 bridgehead atoms. The van der Waals surface area contributed by atoms with Crippen molar-refractivity contribution in [1.82, 2.24) is 0 Å². The van der Waals surface area contributed by atoms with Crippen molar-refractivity contribution in [2.45, 2.75) is 210 Å². The van der Waals surface area contributed by atoms with Crippen molar-refractivity contribution in [3.8, 4) is 0 Å². The van der Waals surface area contributed by atoms with Crippen molar-refractivity contribution >= 4 is 59.1 Å². The van der Waals surface area contributed by atoms with Gasteiger partial charge >= 0.3 is 336 Å². The predicted molar refractivity (Wildman–Crippen MR) is 240 cm³/mol. The minimum atomic E-state index is -3.63. The van der Waals surface area contributed by atoms with Crippen LogP contribution in [0.2, 0.25) is 26.6 Å². The van der Waals surface area contributed by atoms with Crippen LogP contribution in [0.25, 0.3) is 0 Å². The SMILES string of the molecule is CCCCCCCCS(=O)(=O)N=P1(c2ccccc2)[C]([Sn]([CH2]CCC)([CH2]CCC)[CH2]CCC)=C2CCCC2=[C]1[Sn]([CH2]CCC)([CH2]CCC)[CH2]CCC. The number of nitrogens with zero attached hydrogens (tertiary/aromatic N) is 1. The minimum absolute atomic E-state index is 0.238. The molecule has 0 N–H and O–H groups in total. The second-order valence-electron chi connectivity index (χ2n) is 16.8. The van der Waals surface area contributed by atoms with Gasteiger partial charge in [-0.3, -0.25) is 0 Å². The van der Waals surface area contributed by atoms with E-state index in [1.807, 2.05) is 6.66 Å². The van der Waals surface area contributed by atoms with E-state index in [-0.39, 0.29) is 5.75 Å². The molecule has 52 heavy (non-hydrogen) atoms. The Bertz CT molecular complexity index is 1310. The van der Waals surface area contributed by atoms with Crippen LogP contribution in [-0.4, -0.2) is 50.9 Å². The zero-order valence-corrected chi connectivity index (χ0v) is 42.7. The van der Waals surface area contributed by atoms with Gasteiger partial charge in [0.1, 0.15) is 0 Å². The van der Waals surface area contributed by atoms with E-state index in [9.17, 15) is 0 Å². The van der Waals surface area contributed by atoms with Crippen LogP contribution >= 0.6 is 7.05 Å². The maximum absolute atomic E-state index is 15.1. The molecule has 0 unspecified atom stereocenters. The maximum atomic E-state index is 15.1. The number of hydrogen-bond acceptors (Lipinski definition) is 2. The Labute approximate surface area is 332 Å². The molecule has 0 atom stereocenters. The van der Waals surface area contributed by atoms with E-state index in [1.54, 1.807) is 11.1 Å². The number of rotatable bonds is 29. The van der Waals surface area contributed by atoms with Crippen LogP contribution in [0.4, 0.5) is 0 Å². The van der Waals surface area contributed by atoms with E-state index in [2.05, 4.69) is 78.8 Å². The molecule has 7 heteroatoms. The van der Waals surface area contributed by atoms with Crippen molar-refractivity contribution in [2.24, 2.45) is 4.15 Å². The van der Waals surface area contributed by atoms with Gasteiger partial charge in [0.2, 0.25) is 0 Å². The Morgan fingerprint density at radius 2 is 0.885 bits per heavy atom. The number of hydrogen-bond donors (Lipinski definition) is 0. The van der Waals surface area contributed by atoms with Crippen molar-refractivity contribution in [1.29, 1.82) is 0 Å². The summed E-state index contributed by atoms with van der Waals surface area (Å²) in [6, 6.07) is 11.4. The van der Waals surface area contributed by atoms with E-state index < -0.39 is 53.8 Å². The van der Waals surface area contributed by atoms with Crippen LogP contribution in [0.5, 0.6) is 0 Å². The van der Waals surface area contributed by atoms with Gasteiger partial charge in [-0.05, 0) is 0 Å². The van der Waals surface area contributed by atoms with Crippen LogP contribution in [0.3, 0.4) is 0 Å². The molecule has 0 aromatic heterocycles. The molecule has 1 aliphatic carbocycles. The molecular formula is C45H82NO2PSSn2.